The minimum Gasteiger partial charge on any atom is -0.291 e. The third kappa shape index (κ3) is 2.28. The number of aromatic nitrogens is 2. The van der Waals surface area contributed by atoms with Crippen LogP contribution in [0.5, 0.6) is 0 Å². The second-order valence-electron chi connectivity index (χ2n) is 4.22. The number of rotatable bonds is 3. The molecule has 1 aliphatic rings. The molecule has 0 spiro atoms. The van der Waals surface area contributed by atoms with E-state index in [9.17, 15) is 4.79 Å². The van der Waals surface area contributed by atoms with Crippen molar-refractivity contribution >= 4 is 22.9 Å². The van der Waals surface area contributed by atoms with E-state index in [-0.39, 0.29) is 5.56 Å². The lowest BCUT2D eigenvalue weighted by Crippen LogP contribution is -2.24. The molecule has 0 unspecified atom stereocenters. The van der Waals surface area contributed by atoms with E-state index in [1.807, 2.05) is 17.5 Å². The van der Waals surface area contributed by atoms with Gasteiger partial charge in [0.15, 0.2) is 0 Å². The van der Waals surface area contributed by atoms with Crippen LogP contribution in [-0.4, -0.2) is 9.55 Å². The Bertz CT molecular complexity index is 587. The standard InChI is InChI=1S/C12H11ClN2OS/c13-10-6-11(16)15(7-9-2-1-5-17-9)12(14-10)8-3-4-8/h1-2,5-6,8H,3-4,7H2. The van der Waals surface area contributed by atoms with Crippen molar-refractivity contribution in [3.8, 4) is 0 Å². The number of hydrogen-bond acceptors (Lipinski definition) is 3. The molecule has 88 valence electrons. The van der Waals surface area contributed by atoms with Crippen LogP contribution in [0.4, 0.5) is 0 Å². The number of hydrogen-bond donors (Lipinski definition) is 0. The van der Waals surface area contributed by atoms with Gasteiger partial charge in [-0.15, -0.1) is 11.3 Å². The monoisotopic (exact) mass is 266 g/mol. The first-order valence-corrected chi connectivity index (χ1v) is 6.79. The molecule has 0 aromatic carbocycles. The lowest BCUT2D eigenvalue weighted by Gasteiger charge is -2.10. The van der Waals surface area contributed by atoms with Gasteiger partial charge >= 0.3 is 0 Å². The van der Waals surface area contributed by atoms with E-state index in [0.29, 0.717) is 17.6 Å². The summed E-state index contributed by atoms with van der Waals surface area (Å²) in [5.74, 6) is 1.26. The van der Waals surface area contributed by atoms with Crippen molar-refractivity contribution in [2.75, 3.05) is 0 Å². The largest absolute Gasteiger partial charge is 0.291 e. The summed E-state index contributed by atoms with van der Waals surface area (Å²) in [5.41, 5.74) is -0.0553. The Balaban J connectivity index is 2.04. The summed E-state index contributed by atoms with van der Waals surface area (Å²) >= 11 is 7.50. The SMILES string of the molecule is O=c1cc(Cl)nc(C2CC2)n1Cc1cccs1. The van der Waals surface area contributed by atoms with E-state index in [2.05, 4.69) is 4.98 Å². The highest BCUT2D eigenvalue weighted by molar-refractivity contribution is 7.09. The highest BCUT2D eigenvalue weighted by Gasteiger charge is 2.29. The molecule has 0 radical (unpaired) electrons. The average molecular weight is 267 g/mol. The van der Waals surface area contributed by atoms with Gasteiger partial charge in [0.2, 0.25) is 0 Å². The fourth-order valence-electron chi connectivity index (χ4n) is 1.87. The van der Waals surface area contributed by atoms with Crippen molar-refractivity contribution in [1.29, 1.82) is 0 Å². The highest BCUT2D eigenvalue weighted by Crippen LogP contribution is 2.39. The molecule has 1 saturated carbocycles. The topological polar surface area (TPSA) is 34.9 Å². The lowest BCUT2D eigenvalue weighted by atomic mass is 10.3. The summed E-state index contributed by atoms with van der Waals surface area (Å²) in [5, 5.41) is 2.32. The molecule has 3 rings (SSSR count). The molecule has 2 aromatic heterocycles. The highest BCUT2D eigenvalue weighted by atomic mass is 35.5. The van der Waals surface area contributed by atoms with E-state index in [1.165, 1.54) is 6.07 Å². The molecule has 2 heterocycles. The van der Waals surface area contributed by atoms with Gasteiger partial charge < -0.3 is 0 Å². The maximum absolute atomic E-state index is 12.0. The van der Waals surface area contributed by atoms with Crippen molar-refractivity contribution in [1.82, 2.24) is 9.55 Å². The molecule has 0 bridgehead atoms. The molecule has 1 aliphatic carbocycles. The van der Waals surface area contributed by atoms with Gasteiger partial charge in [-0.2, -0.15) is 0 Å². The Morgan fingerprint density at radius 2 is 2.35 bits per heavy atom. The molecule has 0 aliphatic heterocycles. The zero-order chi connectivity index (χ0) is 11.8. The summed E-state index contributed by atoms with van der Waals surface area (Å²) in [7, 11) is 0. The van der Waals surface area contributed by atoms with Crippen molar-refractivity contribution in [3.05, 3.63) is 49.8 Å². The van der Waals surface area contributed by atoms with Gasteiger partial charge in [0.05, 0.1) is 6.54 Å². The van der Waals surface area contributed by atoms with Crippen LogP contribution < -0.4 is 5.56 Å². The zero-order valence-corrected chi connectivity index (χ0v) is 10.7. The Labute approximate surface area is 108 Å². The smallest absolute Gasteiger partial charge is 0.255 e. The Hall–Kier alpha value is -1.13. The van der Waals surface area contributed by atoms with Gasteiger partial charge in [0.1, 0.15) is 11.0 Å². The molecular formula is C12H11ClN2OS. The van der Waals surface area contributed by atoms with Gasteiger partial charge in [-0.25, -0.2) is 4.98 Å². The summed E-state index contributed by atoms with van der Waals surface area (Å²) in [6, 6.07) is 5.41. The third-order valence-corrected chi connectivity index (χ3v) is 3.90. The minimum absolute atomic E-state index is 0.0553. The van der Waals surface area contributed by atoms with E-state index >= 15 is 0 Å². The van der Waals surface area contributed by atoms with Crippen LogP contribution >= 0.6 is 22.9 Å². The predicted octanol–water partition coefficient (Wildman–Crippen LogP) is 2.88. The van der Waals surface area contributed by atoms with Crippen LogP contribution in [0.1, 0.15) is 29.5 Å². The summed E-state index contributed by atoms with van der Waals surface area (Å²) in [4.78, 5) is 17.4. The van der Waals surface area contributed by atoms with Crippen LogP contribution in [0.25, 0.3) is 0 Å². The molecule has 1 fully saturated rings. The van der Waals surface area contributed by atoms with Gasteiger partial charge in [-0.3, -0.25) is 9.36 Å². The Morgan fingerprint density at radius 3 is 3.00 bits per heavy atom. The van der Waals surface area contributed by atoms with Gasteiger partial charge in [0.25, 0.3) is 5.56 Å². The molecule has 0 saturated heterocycles. The molecule has 0 amide bonds. The molecule has 0 atom stereocenters. The Kier molecular flexibility index (Phi) is 2.76. The first-order chi connectivity index (χ1) is 8.24. The molecule has 3 nitrogen and oxygen atoms in total. The molecule has 17 heavy (non-hydrogen) atoms. The quantitative estimate of drug-likeness (QED) is 0.801. The predicted molar refractivity (Wildman–Crippen MR) is 68.9 cm³/mol. The first kappa shape index (κ1) is 11.0. The normalized spacial score (nSPS) is 15.1. The van der Waals surface area contributed by atoms with Crippen molar-refractivity contribution < 1.29 is 0 Å². The Morgan fingerprint density at radius 1 is 1.53 bits per heavy atom. The summed E-state index contributed by atoms with van der Waals surface area (Å²) < 4.78 is 1.75. The van der Waals surface area contributed by atoms with E-state index in [0.717, 1.165) is 23.5 Å². The van der Waals surface area contributed by atoms with Gasteiger partial charge in [0, 0.05) is 16.9 Å². The second kappa shape index (κ2) is 4.27. The van der Waals surface area contributed by atoms with Crippen LogP contribution in [0.15, 0.2) is 28.4 Å². The fourth-order valence-corrected chi connectivity index (χ4v) is 2.74. The number of nitrogens with zero attached hydrogens (tertiary/aromatic N) is 2. The number of thiophene rings is 1. The van der Waals surface area contributed by atoms with Crippen LogP contribution in [0.3, 0.4) is 0 Å². The third-order valence-electron chi connectivity index (χ3n) is 2.84. The minimum atomic E-state index is -0.0553. The zero-order valence-electron chi connectivity index (χ0n) is 9.10. The number of halogens is 1. The summed E-state index contributed by atoms with van der Waals surface area (Å²) in [6.45, 7) is 0.604. The van der Waals surface area contributed by atoms with E-state index in [4.69, 9.17) is 11.6 Å². The van der Waals surface area contributed by atoms with Crippen LogP contribution in [0, 0.1) is 0 Å². The van der Waals surface area contributed by atoms with Crippen LogP contribution in [-0.2, 0) is 6.54 Å². The fraction of sp³-hybridized carbons (Fsp3) is 0.333. The lowest BCUT2D eigenvalue weighted by molar-refractivity contribution is 0.676. The van der Waals surface area contributed by atoms with Crippen LogP contribution in [0.2, 0.25) is 5.15 Å². The van der Waals surface area contributed by atoms with E-state index < -0.39 is 0 Å². The van der Waals surface area contributed by atoms with E-state index in [1.54, 1.807) is 15.9 Å². The van der Waals surface area contributed by atoms with Crippen molar-refractivity contribution in [3.63, 3.8) is 0 Å². The van der Waals surface area contributed by atoms with Gasteiger partial charge in [-0.1, -0.05) is 17.7 Å². The van der Waals surface area contributed by atoms with Gasteiger partial charge in [-0.05, 0) is 24.3 Å². The average Bonchev–Trinajstić information content (AvgIpc) is 3.00. The summed E-state index contributed by atoms with van der Waals surface area (Å²) in [6.07, 6.45) is 2.22. The maximum atomic E-state index is 12.0. The molecule has 0 N–H and O–H groups in total. The molecule has 2 aromatic rings. The molecular weight excluding hydrogens is 256 g/mol. The maximum Gasteiger partial charge on any atom is 0.255 e. The van der Waals surface area contributed by atoms with Crippen molar-refractivity contribution in [2.45, 2.75) is 25.3 Å². The molecule has 5 heteroatoms. The second-order valence-corrected chi connectivity index (χ2v) is 5.63. The first-order valence-electron chi connectivity index (χ1n) is 5.54. The van der Waals surface area contributed by atoms with Crippen molar-refractivity contribution in [2.24, 2.45) is 0 Å².